The maximum Gasteiger partial charge on any atom is 0.202 e. The smallest absolute Gasteiger partial charge is 0.202 e. The van der Waals surface area contributed by atoms with E-state index in [1.165, 1.54) is 13.2 Å². The highest BCUT2D eigenvalue weighted by Gasteiger charge is 2.46. The topological polar surface area (TPSA) is 35.2 Å². The monoisotopic (exact) mass is 247 g/mol. The largest absolute Gasteiger partial charge is 0.492 e. The van der Waals surface area contributed by atoms with Crippen molar-refractivity contribution in [2.24, 2.45) is 5.73 Å². The summed E-state index contributed by atoms with van der Waals surface area (Å²) in [5.74, 6) is -2.19. The van der Waals surface area contributed by atoms with Gasteiger partial charge in [-0.25, -0.2) is 4.39 Å². The zero-order chi connectivity index (χ0) is 11.9. The van der Waals surface area contributed by atoms with Gasteiger partial charge in [0.1, 0.15) is 0 Å². The van der Waals surface area contributed by atoms with Crippen molar-refractivity contribution in [1.29, 1.82) is 0 Å². The summed E-state index contributed by atoms with van der Waals surface area (Å²) >= 11 is 5.83. The molecule has 0 atom stereocenters. The molecule has 0 radical (unpaired) electrons. The highest BCUT2D eigenvalue weighted by atomic mass is 35.5. The Balaban J connectivity index is 2.57. The molecular weight excluding hydrogens is 236 g/mol. The van der Waals surface area contributed by atoms with E-state index in [1.807, 2.05) is 0 Å². The maximum absolute atomic E-state index is 13.8. The third kappa shape index (κ3) is 1.57. The Morgan fingerprint density at radius 2 is 2.06 bits per heavy atom. The summed E-state index contributed by atoms with van der Waals surface area (Å²) in [5, 5.41) is 0.0797. The second-order valence-corrected chi connectivity index (χ2v) is 4.46. The molecule has 16 heavy (non-hydrogen) atoms. The van der Waals surface area contributed by atoms with Crippen LogP contribution in [0.3, 0.4) is 0 Å². The van der Waals surface area contributed by atoms with Crippen molar-refractivity contribution >= 4 is 11.6 Å². The van der Waals surface area contributed by atoms with Crippen LogP contribution in [0.25, 0.3) is 0 Å². The molecule has 1 aliphatic rings. The molecule has 0 unspecified atom stereocenters. The van der Waals surface area contributed by atoms with Gasteiger partial charge in [0.15, 0.2) is 11.6 Å². The van der Waals surface area contributed by atoms with Gasteiger partial charge in [0, 0.05) is 17.5 Å². The van der Waals surface area contributed by atoms with E-state index in [-0.39, 0.29) is 16.3 Å². The third-order valence-corrected chi connectivity index (χ3v) is 3.42. The van der Waals surface area contributed by atoms with E-state index in [0.29, 0.717) is 6.54 Å². The number of rotatable bonds is 3. The Bertz CT molecular complexity index is 432. The fourth-order valence-corrected chi connectivity index (χ4v) is 2.15. The minimum atomic E-state index is -1.04. The molecule has 1 aliphatic carbocycles. The first-order chi connectivity index (χ1) is 7.55. The summed E-state index contributed by atoms with van der Waals surface area (Å²) in [4.78, 5) is 0. The van der Waals surface area contributed by atoms with Gasteiger partial charge in [-0.1, -0.05) is 11.6 Å². The number of ether oxygens (including phenoxy) is 1. The molecule has 88 valence electrons. The Hall–Kier alpha value is -0.870. The third-order valence-electron chi connectivity index (χ3n) is 3.14. The Morgan fingerprint density at radius 1 is 1.44 bits per heavy atom. The fourth-order valence-electron chi connectivity index (χ4n) is 1.89. The average molecular weight is 248 g/mol. The molecule has 0 aliphatic heterocycles. The van der Waals surface area contributed by atoms with Gasteiger partial charge in [0.25, 0.3) is 0 Å². The van der Waals surface area contributed by atoms with Gasteiger partial charge in [-0.3, -0.25) is 0 Å². The highest BCUT2D eigenvalue weighted by Crippen LogP contribution is 2.50. The number of nitrogens with two attached hydrogens (primary N) is 1. The molecule has 2 rings (SSSR count). The molecule has 0 spiro atoms. The molecule has 1 aromatic rings. The quantitative estimate of drug-likeness (QED) is 0.834. The van der Waals surface area contributed by atoms with Gasteiger partial charge in [0.05, 0.1) is 12.1 Å². The van der Waals surface area contributed by atoms with E-state index in [0.717, 1.165) is 12.8 Å². The van der Waals surface area contributed by atoms with Gasteiger partial charge < -0.3 is 10.5 Å². The summed E-state index contributed by atoms with van der Waals surface area (Å²) in [5.41, 5.74) is 5.41. The fraction of sp³-hybridized carbons (Fsp3) is 0.455. The molecule has 1 fully saturated rings. The van der Waals surface area contributed by atoms with E-state index in [2.05, 4.69) is 0 Å². The van der Waals surface area contributed by atoms with Crippen molar-refractivity contribution in [3.63, 3.8) is 0 Å². The van der Waals surface area contributed by atoms with Crippen LogP contribution in [-0.4, -0.2) is 13.7 Å². The first-order valence-electron chi connectivity index (χ1n) is 4.98. The molecule has 0 heterocycles. The van der Waals surface area contributed by atoms with Crippen molar-refractivity contribution in [3.8, 4) is 5.75 Å². The van der Waals surface area contributed by atoms with Crippen LogP contribution in [-0.2, 0) is 5.41 Å². The summed E-state index contributed by atoms with van der Waals surface area (Å²) < 4.78 is 32.1. The van der Waals surface area contributed by atoms with Crippen molar-refractivity contribution < 1.29 is 13.5 Å². The first kappa shape index (κ1) is 11.6. The molecule has 2 nitrogen and oxygen atoms in total. The van der Waals surface area contributed by atoms with Crippen molar-refractivity contribution in [2.75, 3.05) is 13.7 Å². The van der Waals surface area contributed by atoms with Crippen LogP contribution < -0.4 is 10.5 Å². The van der Waals surface area contributed by atoms with Gasteiger partial charge in [-0.2, -0.15) is 4.39 Å². The predicted molar refractivity (Wildman–Crippen MR) is 57.9 cm³/mol. The molecule has 5 heteroatoms. The second-order valence-electron chi connectivity index (χ2n) is 4.05. The van der Waals surface area contributed by atoms with Crippen LogP contribution in [0.15, 0.2) is 6.07 Å². The first-order valence-corrected chi connectivity index (χ1v) is 5.35. The number of hydrogen-bond donors (Lipinski definition) is 1. The van der Waals surface area contributed by atoms with Crippen molar-refractivity contribution in [1.82, 2.24) is 0 Å². The van der Waals surface area contributed by atoms with E-state index in [1.54, 1.807) is 0 Å². The minimum absolute atomic E-state index is 0.0797. The zero-order valence-corrected chi connectivity index (χ0v) is 9.57. The molecule has 0 aromatic heterocycles. The van der Waals surface area contributed by atoms with Crippen LogP contribution in [0.4, 0.5) is 8.78 Å². The average Bonchev–Trinajstić information content (AvgIpc) is 3.05. The standard InChI is InChI=1S/C11H12ClF2NO/c1-16-10-7(12)4-6(8(13)9(10)14)11(5-15)2-3-11/h4H,2-3,5,15H2,1H3. The summed E-state index contributed by atoms with van der Waals surface area (Å²) in [6.45, 7) is 0.298. The summed E-state index contributed by atoms with van der Waals surface area (Å²) in [7, 11) is 1.25. The summed E-state index contributed by atoms with van der Waals surface area (Å²) in [6, 6.07) is 1.42. The molecule has 0 saturated heterocycles. The molecule has 1 aromatic carbocycles. The lowest BCUT2D eigenvalue weighted by atomic mass is 9.95. The number of hydrogen-bond acceptors (Lipinski definition) is 2. The van der Waals surface area contributed by atoms with Crippen molar-refractivity contribution in [3.05, 3.63) is 28.3 Å². The van der Waals surface area contributed by atoms with E-state index >= 15 is 0 Å². The minimum Gasteiger partial charge on any atom is -0.492 e. The lowest BCUT2D eigenvalue weighted by Gasteiger charge is -2.16. The van der Waals surface area contributed by atoms with Gasteiger partial charge in [0.2, 0.25) is 5.82 Å². The molecule has 1 saturated carbocycles. The van der Waals surface area contributed by atoms with Crippen LogP contribution in [0.2, 0.25) is 5.02 Å². The van der Waals surface area contributed by atoms with Gasteiger partial charge in [-0.15, -0.1) is 0 Å². The normalized spacial score (nSPS) is 17.3. The van der Waals surface area contributed by atoms with Crippen LogP contribution in [0, 0.1) is 11.6 Å². The number of halogens is 3. The lowest BCUT2D eigenvalue weighted by molar-refractivity contribution is 0.368. The zero-order valence-electron chi connectivity index (χ0n) is 8.82. The van der Waals surface area contributed by atoms with Gasteiger partial charge >= 0.3 is 0 Å². The number of benzene rings is 1. The number of methoxy groups -OCH3 is 1. The Kier molecular flexibility index (Phi) is 2.80. The Labute approximate surface area is 97.3 Å². The predicted octanol–water partition coefficient (Wildman–Crippen LogP) is 2.62. The molecular formula is C11H12ClF2NO. The van der Waals surface area contributed by atoms with Crippen molar-refractivity contribution in [2.45, 2.75) is 18.3 Å². The van der Waals surface area contributed by atoms with Crippen LogP contribution in [0.5, 0.6) is 5.75 Å². The summed E-state index contributed by atoms with van der Waals surface area (Å²) in [6.07, 6.45) is 1.53. The maximum atomic E-state index is 13.8. The molecule has 0 amide bonds. The SMILES string of the molecule is COc1c(Cl)cc(C2(CN)CC2)c(F)c1F. The van der Waals surface area contributed by atoms with Gasteiger partial charge in [-0.05, 0) is 18.9 Å². The van der Waals surface area contributed by atoms with Crippen LogP contribution in [0.1, 0.15) is 18.4 Å². The second kappa shape index (κ2) is 3.86. The molecule has 0 bridgehead atoms. The Morgan fingerprint density at radius 3 is 2.50 bits per heavy atom. The van der Waals surface area contributed by atoms with Crippen LogP contribution >= 0.6 is 11.6 Å². The van der Waals surface area contributed by atoms with E-state index < -0.39 is 17.0 Å². The van der Waals surface area contributed by atoms with E-state index in [9.17, 15) is 8.78 Å². The lowest BCUT2D eigenvalue weighted by Crippen LogP contribution is -2.21. The van der Waals surface area contributed by atoms with E-state index in [4.69, 9.17) is 22.1 Å². The highest BCUT2D eigenvalue weighted by molar-refractivity contribution is 6.32. The molecule has 2 N–H and O–H groups in total.